The smallest absolute Gasteiger partial charge is 0.151 e. The number of aryl methyl sites for hydroxylation is 1. The van der Waals surface area contributed by atoms with Crippen molar-refractivity contribution in [3.05, 3.63) is 40.1 Å². The van der Waals surface area contributed by atoms with E-state index in [0.717, 1.165) is 10.0 Å². The molecule has 2 aromatic rings. The van der Waals surface area contributed by atoms with Crippen LogP contribution in [0.1, 0.15) is 5.56 Å². The Kier molecular flexibility index (Phi) is 3.38. The summed E-state index contributed by atoms with van der Waals surface area (Å²) in [7, 11) is 1.77. The molecule has 0 amide bonds. The average molecular weight is 296 g/mol. The number of rotatable bonds is 2. The van der Waals surface area contributed by atoms with Crippen molar-refractivity contribution in [2.45, 2.75) is 6.92 Å². The van der Waals surface area contributed by atoms with Gasteiger partial charge in [-0.05, 0) is 36.8 Å². The first-order valence-corrected chi connectivity index (χ1v) is 5.88. The number of hydrogen-bond acceptors (Lipinski definition) is 3. The largest absolute Gasteiger partial charge is 0.371 e. The molecule has 88 valence electrons. The molecule has 0 saturated heterocycles. The molecule has 0 bridgehead atoms. The fourth-order valence-corrected chi connectivity index (χ4v) is 1.92. The molecule has 17 heavy (non-hydrogen) atoms. The van der Waals surface area contributed by atoms with Crippen LogP contribution in [0, 0.1) is 12.7 Å². The molecule has 0 fully saturated rings. The lowest BCUT2D eigenvalue weighted by Gasteiger charge is -2.06. The highest BCUT2D eigenvalue weighted by molar-refractivity contribution is 9.10. The number of hydrogen-bond donors (Lipinski definition) is 1. The van der Waals surface area contributed by atoms with Crippen LogP contribution in [0.3, 0.4) is 0 Å². The fraction of sp³-hybridized carbons (Fsp3) is 0.167. The SMILES string of the molecule is CNc1nnc(-c2cc(Br)ccc2F)cc1C. The van der Waals surface area contributed by atoms with Crippen LogP contribution in [0.4, 0.5) is 10.2 Å². The Morgan fingerprint density at radius 3 is 2.65 bits per heavy atom. The molecule has 0 aliphatic heterocycles. The van der Waals surface area contributed by atoms with Crippen molar-refractivity contribution in [2.24, 2.45) is 0 Å². The van der Waals surface area contributed by atoms with Crippen molar-refractivity contribution < 1.29 is 4.39 Å². The zero-order valence-electron chi connectivity index (χ0n) is 9.46. The van der Waals surface area contributed by atoms with Crippen molar-refractivity contribution in [2.75, 3.05) is 12.4 Å². The predicted molar refractivity (Wildman–Crippen MR) is 69.4 cm³/mol. The van der Waals surface area contributed by atoms with Gasteiger partial charge in [0.1, 0.15) is 5.82 Å². The molecule has 1 heterocycles. The number of anilines is 1. The fourth-order valence-electron chi connectivity index (χ4n) is 1.56. The van der Waals surface area contributed by atoms with Gasteiger partial charge in [-0.15, -0.1) is 10.2 Å². The number of aromatic nitrogens is 2. The highest BCUT2D eigenvalue weighted by Crippen LogP contribution is 2.26. The first-order chi connectivity index (χ1) is 8.11. The lowest BCUT2D eigenvalue weighted by molar-refractivity contribution is 0.630. The maximum atomic E-state index is 13.7. The van der Waals surface area contributed by atoms with Crippen LogP contribution in [-0.4, -0.2) is 17.2 Å². The summed E-state index contributed by atoms with van der Waals surface area (Å²) in [6.07, 6.45) is 0. The highest BCUT2D eigenvalue weighted by Gasteiger charge is 2.09. The second kappa shape index (κ2) is 4.79. The molecular formula is C12H11BrFN3. The van der Waals surface area contributed by atoms with Gasteiger partial charge in [0.2, 0.25) is 0 Å². The van der Waals surface area contributed by atoms with Gasteiger partial charge in [-0.1, -0.05) is 15.9 Å². The molecule has 1 aromatic heterocycles. The van der Waals surface area contributed by atoms with Crippen LogP contribution in [0.25, 0.3) is 11.3 Å². The summed E-state index contributed by atoms with van der Waals surface area (Å²) in [6, 6.07) is 6.56. The second-order valence-electron chi connectivity index (χ2n) is 3.64. The predicted octanol–water partition coefficient (Wildman–Crippen LogP) is 3.40. The van der Waals surface area contributed by atoms with Gasteiger partial charge < -0.3 is 5.32 Å². The van der Waals surface area contributed by atoms with Crippen molar-refractivity contribution in [3.63, 3.8) is 0 Å². The third-order valence-corrected chi connectivity index (χ3v) is 2.92. The van der Waals surface area contributed by atoms with Crippen LogP contribution >= 0.6 is 15.9 Å². The van der Waals surface area contributed by atoms with Crippen LogP contribution in [-0.2, 0) is 0 Å². The van der Waals surface area contributed by atoms with Gasteiger partial charge in [0.25, 0.3) is 0 Å². The Labute approximate surface area is 107 Å². The van der Waals surface area contributed by atoms with E-state index in [4.69, 9.17) is 0 Å². The van der Waals surface area contributed by atoms with Gasteiger partial charge in [0, 0.05) is 17.1 Å². The minimum Gasteiger partial charge on any atom is -0.371 e. The van der Waals surface area contributed by atoms with Gasteiger partial charge in [-0.2, -0.15) is 0 Å². The average Bonchev–Trinajstić information content (AvgIpc) is 2.32. The number of benzene rings is 1. The Morgan fingerprint density at radius 2 is 2.00 bits per heavy atom. The van der Waals surface area contributed by atoms with E-state index in [1.165, 1.54) is 6.07 Å². The summed E-state index contributed by atoms with van der Waals surface area (Å²) in [5.41, 5.74) is 1.90. The van der Waals surface area contributed by atoms with Gasteiger partial charge in [-0.25, -0.2) is 4.39 Å². The van der Waals surface area contributed by atoms with Crippen LogP contribution in [0.15, 0.2) is 28.7 Å². The van der Waals surface area contributed by atoms with Crippen LogP contribution in [0.2, 0.25) is 0 Å². The maximum absolute atomic E-state index is 13.7. The molecule has 1 aromatic carbocycles. The van der Waals surface area contributed by atoms with E-state index in [1.54, 1.807) is 19.2 Å². The molecule has 2 rings (SSSR count). The summed E-state index contributed by atoms with van der Waals surface area (Å²) in [5.74, 6) is 0.392. The maximum Gasteiger partial charge on any atom is 0.151 e. The molecule has 5 heteroatoms. The van der Waals surface area contributed by atoms with E-state index < -0.39 is 0 Å². The lowest BCUT2D eigenvalue weighted by atomic mass is 10.1. The minimum atomic E-state index is -0.306. The first-order valence-electron chi connectivity index (χ1n) is 5.09. The van der Waals surface area contributed by atoms with Crippen LogP contribution in [0.5, 0.6) is 0 Å². The van der Waals surface area contributed by atoms with Crippen molar-refractivity contribution >= 4 is 21.7 Å². The molecule has 0 saturated carbocycles. The second-order valence-corrected chi connectivity index (χ2v) is 4.55. The Balaban J connectivity index is 2.53. The van der Waals surface area contributed by atoms with Gasteiger partial charge in [0.05, 0.1) is 5.69 Å². The molecule has 3 nitrogen and oxygen atoms in total. The molecule has 1 N–H and O–H groups in total. The molecule has 0 radical (unpaired) electrons. The van der Waals surface area contributed by atoms with Gasteiger partial charge in [-0.3, -0.25) is 0 Å². The highest BCUT2D eigenvalue weighted by atomic mass is 79.9. The topological polar surface area (TPSA) is 37.8 Å². The molecule has 0 aliphatic carbocycles. The molecule has 0 atom stereocenters. The zero-order chi connectivity index (χ0) is 12.4. The Bertz CT molecular complexity index is 557. The first kappa shape index (κ1) is 12.0. The zero-order valence-corrected chi connectivity index (χ0v) is 11.0. The van der Waals surface area contributed by atoms with Crippen molar-refractivity contribution in [1.82, 2.24) is 10.2 Å². The Hall–Kier alpha value is -1.49. The van der Waals surface area contributed by atoms with E-state index >= 15 is 0 Å². The summed E-state index contributed by atoms with van der Waals surface area (Å²) in [5, 5.41) is 10.9. The van der Waals surface area contributed by atoms with E-state index in [-0.39, 0.29) is 5.82 Å². The molecule has 0 aliphatic rings. The third-order valence-electron chi connectivity index (χ3n) is 2.43. The van der Waals surface area contributed by atoms with E-state index in [9.17, 15) is 4.39 Å². The number of nitrogens with one attached hydrogen (secondary N) is 1. The standard InChI is InChI=1S/C12H11BrFN3/c1-7-5-11(16-17-12(7)15-2)9-6-8(13)3-4-10(9)14/h3-6H,1-2H3,(H,15,17). The summed E-state index contributed by atoms with van der Waals surface area (Å²) in [6.45, 7) is 1.90. The van der Waals surface area contributed by atoms with Gasteiger partial charge in [0.15, 0.2) is 5.82 Å². The monoisotopic (exact) mass is 295 g/mol. The summed E-state index contributed by atoms with van der Waals surface area (Å²) < 4.78 is 14.5. The molecular weight excluding hydrogens is 285 g/mol. The number of halogens is 2. The van der Waals surface area contributed by atoms with Crippen LogP contribution < -0.4 is 5.32 Å². The molecule has 0 unspecified atom stereocenters. The summed E-state index contributed by atoms with van der Waals surface area (Å²) in [4.78, 5) is 0. The third kappa shape index (κ3) is 2.44. The lowest BCUT2D eigenvalue weighted by Crippen LogP contribution is -1.99. The number of nitrogens with zero attached hydrogens (tertiary/aromatic N) is 2. The van der Waals surface area contributed by atoms with Gasteiger partial charge >= 0.3 is 0 Å². The normalized spacial score (nSPS) is 10.4. The van der Waals surface area contributed by atoms with E-state index in [0.29, 0.717) is 17.1 Å². The minimum absolute atomic E-state index is 0.306. The quantitative estimate of drug-likeness (QED) is 0.923. The molecule has 0 spiro atoms. The van der Waals surface area contributed by atoms with E-state index in [2.05, 4.69) is 31.4 Å². The Morgan fingerprint density at radius 1 is 1.24 bits per heavy atom. The summed E-state index contributed by atoms with van der Waals surface area (Å²) >= 11 is 3.31. The van der Waals surface area contributed by atoms with Crippen molar-refractivity contribution in [3.8, 4) is 11.3 Å². The van der Waals surface area contributed by atoms with Crippen molar-refractivity contribution in [1.29, 1.82) is 0 Å². The van der Waals surface area contributed by atoms with E-state index in [1.807, 2.05) is 13.0 Å².